The molecular weight excluding hydrogens is 316 g/mol. The summed E-state index contributed by atoms with van der Waals surface area (Å²) in [6.07, 6.45) is 3.27. The molecule has 0 radical (unpaired) electrons. The van der Waals surface area contributed by atoms with Crippen LogP contribution in [0.5, 0.6) is 5.75 Å². The number of hydrogen-bond acceptors (Lipinski definition) is 6. The molecule has 2 aromatic carbocycles. The Labute approximate surface area is 144 Å². The molecule has 0 aliphatic carbocycles. The maximum absolute atomic E-state index is 5.72. The van der Waals surface area contributed by atoms with E-state index in [0.717, 1.165) is 28.2 Å². The third-order valence-electron chi connectivity index (χ3n) is 3.86. The van der Waals surface area contributed by atoms with Gasteiger partial charge < -0.3 is 15.8 Å². The smallest absolute Gasteiger partial charge is 0.168 e. The van der Waals surface area contributed by atoms with Crippen molar-refractivity contribution >= 4 is 28.2 Å². The van der Waals surface area contributed by atoms with Crippen LogP contribution in [0.25, 0.3) is 16.7 Å². The lowest BCUT2D eigenvalue weighted by molar-refractivity contribution is 0.414. The van der Waals surface area contributed by atoms with Crippen LogP contribution in [0.4, 0.5) is 17.2 Å². The molecule has 0 amide bonds. The first kappa shape index (κ1) is 14.9. The third-order valence-corrected chi connectivity index (χ3v) is 3.86. The Hall–Kier alpha value is -3.61. The zero-order valence-corrected chi connectivity index (χ0v) is 13.5. The minimum absolute atomic E-state index is 0.689. The molecule has 0 saturated carbocycles. The van der Waals surface area contributed by atoms with Gasteiger partial charge in [0.1, 0.15) is 17.9 Å². The molecule has 2 aromatic heterocycles. The van der Waals surface area contributed by atoms with E-state index < -0.39 is 0 Å². The average molecular weight is 332 g/mol. The molecule has 4 rings (SSSR count). The Morgan fingerprint density at radius 3 is 2.48 bits per heavy atom. The van der Waals surface area contributed by atoms with E-state index in [2.05, 4.69) is 20.4 Å². The SMILES string of the molecule is COc1ccc(-n2ncc3c(Nc4ccc(N)cc4)ncnc32)cc1. The van der Waals surface area contributed by atoms with E-state index in [9.17, 15) is 0 Å². The van der Waals surface area contributed by atoms with Crippen molar-refractivity contribution in [1.82, 2.24) is 19.7 Å². The number of rotatable bonds is 4. The molecule has 0 spiro atoms. The van der Waals surface area contributed by atoms with Crippen molar-refractivity contribution in [2.24, 2.45) is 0 Å². The van der Waals surface area contributed by atoms with Crippen molar-refractivity contribution in [3.63, 3.8) is 0 Å². The lowest BCUT2D eigenvalue weighted by atomic mass is 10.2. The molecule has 4 aromatic rings. The van der Waals surface area contributed by atoms with Crippen LogP contribution in [0.3, 0.4) is 0 Å². The van der Waals surface area contributed by atoms with Gasteiger partial charge in [-0.1, -0.05) is 0 Å². The standard InChI is InChI=1S/C18H16N6O/c1-25-15-8-6-14(7-9-15)24-18-16(10-22-24)17(20-11-21-18)23-13-4-2-12(19)3-5-13/h2-11H,19H2,1H3,(H,20,21,23). The number of nitrogens with zero attached hydrogens (tertiary/aromatic N) is 4. The van der Waals surface area contributed by atoms with Crippen LogP contribution in [-0.2, 0) is 0 Å². The first-order valence-corrected chi connectivity index (χ1v) is 7.70. The highest BCUT2D eigenvalue weighted by molar-refractivity contribution is 5.89. The molecule has 0 fully saturated rings. The van der Waals surface area contributed by atoms with Crippen molar-refractivity contribution in [2.75, 3.05) is 18.2 Å². The zero-order chi connectivity index (χ0) is 17.2. The van der Waals surface area contributed by atoms with E-state index >= 15 is 0 Å². The molecule has 0 atom stereocenters. The van der Waals surface area contributed by atoms with Gasteiger partial charge in [0.05, 0.1) is 24.4 Å². The van der Waals surface area contributed by atoms with Crippen LogP contribution < -0.4 is 15.8 Å². The second-order valence-electron chi connectivity index (χ2n) is 5.46. The predicted molar refractivity (Wildman–Crippen MR) is 97.3 cm³/mol. The maximum atomic E-state index is 5.72. The van der Waals surface area contributed by atoms with Gasteiger partial charge in [-0.15, -0.1) is 0 Å². The number of fused-ring (bicyclic) bond motifs is 1. The second-order valence-corrected chi connectivity index (χ2v) is 5.46. The molecule has 0 unspecified atom stereocenters. The molecule has 0 aliphatic rings. The molecule has 7 heteroatoms. The normalized spacial score (nSPS) is 10.8. The van der Waals surface area contributed by atoms with Gasteiger partial charge in [-0.3, -0.25) is 0 Å². The molecule has 25 heavy (non-hydrogen) atoms. The van der Waals surface area contributed by atoms with E-state index in [1.54, 1.807) is 18.0 Å². The lowest BCUT2D eigenvalue weighted by Crippen LogP contribution is -1.99. The van der Waals surface area contributed by atoms with Crippen molar-refractivity contribution in [3.8, 4) is 11.4 Å². The quantitative estimate of drug-likeness (QED) is 0.558. The van der Waals surface area contributed by atoms with Crippen LogP contribution in [0.1, 0.15) is 0 Å². The summed E-state index contributed by atoms with van der Waals surface area (Å²) in [5.41, 5.74) is 8.95. The molecule has 0 saturated heterocycles. The number of benzene rings is 2. The van der Waals surface area contributed by atoms with Gasteiger partial charge in [0, 0.05) is 11.4 Å². The summed E-state index contributed by atoms with van der Waals surface area (Å²) in [6.45, 7) is 0. The topological polar surface area (TPSA) is 90.9 Å². The van der Waals surface area contributed by atoms with Gasteiger partial charge in [0.25, 0.3) is 0 Å². The summed E-state index contributed by atoms with van der Waals surface area (Å²) in [6, 6.07) is 15.1. The van der Waals surface area contributed by atoms with Gasteiger partial charge >= 0.3 is 0 Å². The van der Waals surface area contributed by atoms with E-state index in [0.29, 0.717) is 11.5 Å². The number of nitrogens with one attached hydrogen (secondary N) is 1. The highest BCUT2D eigenvalue weighted by Crippen LogP contribution is 2.25. The Bertz CT molecular complexity index is 1010. The maximum Gasteiger partial charge on any atom is 0.168 e. The van der Waals surface area contributed by atoms with E-state index in [4.69, 9.17) is 10.5 Å². The fraction of sp³-hybridized carbons (Fsp3) is 0.0556. The molecule has 0 bridgehead atoms. The Morgan fingerprint density at radius 2 is 1.76 bits per heavy atom. The minimum atomic E-state index is 0.689. The fourth-order valence-electron chi connectivity index (χ4n) is 2.56. The number of nitrogens with two attached hydrogens (primary N) is 1. The van der Waals surface area contributed by atoms with Crippen molar-refractivity contribution < 1.29 is 4.74 Å². The zero-order valence-electron chi connectivity index (χ0n) is 13.5. The molecule has 7 nitrogen and oxygen atoms in total. The predicted octanol–water partition coefficient (Wildman–Crippen LogP) is 3.15. The molecule has 0 aliphatic heterocycles. The molecular formula is C18H16N6O. The number of anilines is 3. The monoisotopic (exact) mass is 332 g/mol. The minimum Gasteiger partial charge on any atom is -0.497 e. The summed E-state index contributed by atoms with van der Waals surface area (Å²) < 4.78 is 6.96. The van der Waals surface area contributed by atoms with Gasteiger partial charge in [0.15, 0.2) is 5.65 Å². The lowest BCUT2D eigenvalue weighted by Gasteiger charge is -2.07. The van der Waals surface area contributed by atoms with E-state index in [1.165, 1.54) is 6.33 Å². The first-order chi connectivity index (χ1) is 12.2. The number of aromatic nitrogens is 4. The Kier molecular flexibility index (Phi) is 3.66. The van der Waals surface area contributed by atoms with Crippen LogP contribution in [0, 0.1) is 0 Å². The molecule has 124 valence electrons. The fourth-order valence-corrected chi connectivity index (χ4v) is 2.56. The van der Waals surface area contributed by atoms with Gasteiger partial charge in [-0.05, 0) is 48.5 Å². The van der Waals surface area contributed by atoms with Gasteiger partial charge in [-0.2, -0.15) is 5.10 Å². The summed E-state index contributed by atoms with van der Waals surface area (Å²) >= 11 is 0. The summed E-state index contributed by atoms with van der Waals surface area (Å²) in [5.74, 6) is 1.48. The van der Waals surface area contributed by atoms with E-state index in [1.807, 2.05) is 48.5 Å². The Balaban J connectivity index is 1.73. The van der Waals surface area contributed by atoms with Crippen LogP contribution in [-0.4, -0.2) is 26.9 Å². The number of nitrogen functional groups attached to an aromatic ring is 1. The highest BCUT2D eigenvalue weighted by Gasteiger charge is 2.11. The molecule has 2 heterocycles. The van der Waals surface area contributed by atoms with Crippen LogP contribution in [0.15, 0.2) is 61.1 Å². The van der Waals surface area contributed by atoms with Crippen LogP contribution in [0.2, 0.25) is 0 Å². The van der Waals surface area contributed by atoms with Crippen LogP contribution >= 0.6 is 0 Å². The van der Waals surface area contributed by atoms with E-state index in [-0.39, 0.29) is 0 Å². The average Bonchev–Trinajstić information content (AvgIpc) is 3.09. The summed E-state index contributed by atoms with van der Waals surface area (Å²) in [7, 11) is 1.64. The molecule has 3 N–H and O–H groups in total. The third kappa shape index (κ3) is 2.83. The second kappa shape index (κ2) is 6.12. The van der Waals surface area contributed by atoms with Crippen molar-refractivity contribution in [3.05, 3.63) is 61.1 Å². The highest BCUT2D eigenvalue weighted by atomic mass is 16.5. The number of ether oxygens (including phenoxy) is 1. The first-order valence-electron chi connectivity index (χ1n) is 7.70. The summed E-state index contributed by atoms with van der Waals surface area (Å²) in [5, 5.41) is 8.56. The van der Waals surface area contributed by atoms with Crippen molar-refractivity contribution in [1.29, 1.82) is 0 Å². The van der Waals surface area contributed by atoms with Gasteiger partial charge in [-0.25, -0.2) is 14.6 Å². The number of methoxy groups -OCH3 is 1. The number of hydrogen-bond donors (Lipinski definition) is 2. The largest absolute Gasteiger partial charge is 0.497 e. The van der Waals surface area contributed by atoms with Crippen molar-refractivity contribution in [2.45, 2.75) is 0 Å². The Morgan fingerprint density at radius 1 is 1.00 bits per heavy atom. The summed E-state index contributed by atoms with van der Waals surface area (Å²) in [4.78, 5) is 8.71. The van der Waals surface area contributed by atoms with Gasteiger partial charge in [0.2, 0.25) is 0 Å².